The van der Waals surface area contributed by atoms with Gasteiger partial charge in [0.2, 0.25) is 0 Å². The molecule has 3 rings (SSSR count). The van der Waals surface area contributed by atoms with Crippen LogP contribution < -0.4 is 5.32 Å². The molecule has 2 aromatic rings. The number of fused-ring (bicyclic) bond motifs is 1. The van der Waals surface area contributed by atoms with Crippen LogP contribution in [0.25, 0.3) is 11.0 Å². The van der Waals surface area contributed by atoms with Crippen molar-refractivity contribution in [1.82, 2.24) is 14.9 Å². The first-order valence-electron chi connectivity index (χ1n) is 6.60. The van der Waals surface area contributed by atoms with Crippen LogP contribution in [0.2, 0.25) is 0 Å². The Morgan fingerprint density at radius 2 is 2.17 bits per heavy atom. The van der Waals surface area contributed by atoms with Crippen LogP contribution in [-0.4, -0.2) is 22.6 Å². The molecule has 1 aromatic carbocycles. The Morgan fingerprint density at radius 1 is 1.39 bits per heavy atom. The zero-order valence-electron chi connectivity index (χ0n) is 11.2. The van der Waals surface area contributed by atoms with Crippen LogP contribution in [0.15, 0.2) is 22.7 Å². The molecule has 0 aliphatic carbocycles. The van der Waals surface area contributed by atoms with Crippen molar-refractivity contribution in [3.05, 3.63) is 28.5 Å². The first kappa shape index (κ1) is 13.6. The summed E-state index contributed by atoms with van der Waals surface area (Å²) in [6.07, 6.45) is 1.19. The summed E-state index contributed by atoms with van der Waals surface area (Å²) in [6.45, 7) is 8.25. The fourth-order valence-corrected chi connectivity index (χ4v) is 2.86. The van der Waals surface area contributed by atoms with E-state index in [0.29, 0.717) is 6.04 Å². The summed E-state index contributed by atoms with van der Waals surface area (Å²) in [5.74, 6) is 1.11. The van der Waals surface area contributed by atoms with Gasteiger partial charge in [-0.3, -0.25) is 0 Å². The summed E-state index contributed by atoms with van der Waals surface area (Å²) in [6, 6.07) is 6.84. The number of nitrogens with one attached hydrogen (secondary N) is 1. The third kappa shape index (κ3) is 2.45. The second-order valence-corrected chi connectivity index (χ2v) is 5.22. The smallest absolute Gasteiger partial charge is 0.107 e. The minimum atomic E-state index is 0.555. The van der Waals surface area contributed by atoms with Gasteiger partial charge in [0, 0.05) is 17.1 Å². The lowest BCUT2D eigenvalue weighted by Crippen LogP contribution is -2.14. The van der Waals surface area contributed by atoms with E-state index in [1.807, 2.05) is 19.9 Å². The summed E-state index contributed by atoms with van der Waals surface area (Å²) in [5.41, 5.74) is 2.33. The van der Waals surface area contributed by atoms with Gasteiger partial charge in [0.25, 0.3) is 0 Å². The van der Waals surface area contributed by atoms with Gasteiger partial charge in [0.15, 0.2) is 0 Å². The maximum Gasteiger partial charge on any atom is 0.107 e. The van der Waals surface area contributed by atoms with Crippen molar-refractivity contribution in [2.24, 2.45) is 0 Å². The van der Waals surface area contributed by atoms with E-state index in [2.05, 4.69) is 49.9 Å². The van der Waals surface area contributed by atoms with E-state index < -0.39 is 0 Å². The number of benzene rings is 1. The molecule has 0 bridgehead atoms. The number of aromatic nitrogens is 2. The number of imidazole rings is 1. The summed E-state index contributed by atoms with van der Waals surface area (Å²) >= 11 is 3.53. The Kier molecular flexibility index (Phi) is 4.40. The Bertz CT molecular complexity index is 527. The van der Waals surface area contributed by atoms with Crippen LogP contribution in [0.1, 0.15) is 32.1 Å². The third-order valence-electron chi connectivity index (χ3n) is 3.23. The quantitative estimate of drug-likeness (QED) is 0.871. The highest BCUT2D eigenvalue weighted by molar-refractivity contribution is 9.10. The second kappa shape index (κ2) is 5.85. The topological polar surface area (TPSA) is 29.9 Å². The molecule has 2 heterocycles. The molecule has 3 nitrogen and oxygen atoms in total. The van der Waals surface area contributed by atoms with Crippen molar-refractivity contribution in [3.8, 4) is 0 Å². The Morgan fingerprint density at radius 3 is 2.83 bits per heavy atom. The molecule has 0 saturated carbocycles. The Labute approximate surface area is 117 Å². The Balaban J connectivity index is 0.000000574. The van der Waals surface area contributed by atoms with Gasteiger partial charge in [-0.15, -0.1) is 0 Å². The zero-order valence-corrected chi connectivity index (χ0v) is 12.8. The summed E-state index contributed by atoms with van der Waals surface area (Å²) in [7, 11) is 0. The maximum atomic E-state index is 4.61. The molecule has 1 fully saturated rings. The average Bonchev–Trinajstić information content (AvgIpc) is 2.98. The van der Waals surface area contributed by atoms with Crippen molar-refractivity contribution in [1.29, 1.82) is 0 Å². The van der Waals surface area contributed by atoms with Crippen LogP contribution in [0, 0.1) is 6.92 Å². The molecule has 1 N–H and O–H groups in total. The van der Waals surface area contributed by atoms with Crippen molar-refractivity contribution < 1.29 is 0 Å². The lowest BCUT2D eigenvalue weighted by molar-refractivity contribution is 0.548. The third-order valence-corrected chi connectivity index (χ3v) is 3.72. The van der Waals surface area contributed by atoms with Gasteiger partial charge in [-0.2, -0.15) is 0 Å². The SMILES string of the molecule is CC.Cc1nc2ccc(Br)cc2n1C1CCNC1. The fourth-order valence-electron chi connectivity index (χ4n) is 2.51. The standard InChI is InChI=1S/C12H14BrN3.C2H6/c1-8-15-11-3-2-9(13)6-12(11)16(8)10-4-5-14-7-10;1-2/h2-3,6,10,14H,4-5,7H2,1H3;1-2H3. The number of rotatable bonds is 1. The van der Waals surface area contributed by atoms with E-state index >= 15 is 0 Å². The molecule has 4 heteroatoms. The predicted octanol–water partition coefficient (Wildman–Crippen LogP) is 3.67. The maximum absolute atomic E-state index is 4.61. The number of nitrogens with zero attached hydrogens (tertiary/aromatic N) is 2. The number of hydrogen-bond acceptors (Lipinski definition) is 2. The van der Waals surface area contributed by atoms with Gasteiger partial charge < -0.3 is 9.88 Å². The minimum absolute atomic E-state index is 0.555. The highest BCUT2D eigenvalue weighted by Crippen LogP contribution is 2.26. The van der Waals surface area contributed by atoms with Crippen LogP contribution >= 0.6 is 15.9 Å². The van der Waals surface area contributed by atoms with Crippen molar-refractivity contribution in [3.63, 3.8) is 0 Å². The van der Waals surface area contributed by atoms with Crippen LogP contribution in [0.4, 0.5) is 0 Å². The molecule has 1 unspecified atom stereocenters. The molecule has 1 atom stereocenters. The molecule has 1 saturated heterocycles. The van der Waals surface area contributed by atoms with Gasteiger partial charge in [0.1, 0.15) is 5.82 Å². The highest BCUT2D eigenvalue weighted by atomic mass is 79.9. The zero-order chi connectivity index (χ0) is 13.1. The Hall–Kier alpha value is -0.870. The molecular weight excluding hydrogens is 290 g/mol. The van der Waals surface area contributed by atoms with Crippen molar-refractivity contribution >= 4 is 27.0 Å². The molecule has 0 amide bonds. The number of halogens is 1. The molecule has 98 valence electrons. The number of aryl methyl sites for hydroxylation is 1. The summed E-state index contributed by atoms with van der Waals surface area (Å²) < 4.78 is 3.48. The van der Waals surface area contributed by atoms with Crippen LogP contribution in [0.5, 0.6) is 0 Å². The second-order valence-electron chi connectivity index (χ2n) is 4.31. The average molecular weight is 310 g/mol. The van der Waals surface area contributed by atoms with Gasteiger partial charge in [-0.05, 0) is 38.1 Å². The van der Waals surface area contributed by atoms with Gasteiger partial charge in [-0.25, -0.2) is 4.98 Å². The first-order chi connectivity index (χ1) is 8.75. The predicted molar refractivity (Wildman–Crippen MR) is 80.0 cm³/mol. The molecule has 1 aliphatic rings. The van der Waals surface area contributed by atoms with Gasteiger partial charge in [0.05, 0.1) is 11.0 Å². The lowest BCUT2D eigenvalue weighted by Gasteiger charge is -2.13. The van der Waals surface area contributed by atoms with Crippen LogP contribution in [0.3, 0.4) is 0 Å². The van der Waals surface area contributed by atoms with E-state index in [0.717, 1.165) is 28.9 Å². The normalized spacial score (nSPS) is 18.8. The fraction of sp³-hybridized carbons (Fsp3) is 0.500. The summed E-state index contributed by atoms with van der Waals surface area (Å²) in [5, 5.41) is 3.41. The highest BCUT2D eigenvalue weighted by Gasteiger charge is 2.20. The van der Waals surface area contributed by atoms with E-state index in [1.165, 1.54) is 11.9 Å². The number of hydrogen-bond donors (Lipinski definition) is 1. The monoisotopic (exact) mass is 309 g/mol. The molecule has 18 heavy (non-hydrogen) atoms. The van der Waals surface area contributed by atoms with Gasteiger partial charge >= 0.3 is 0 Å². The first-order valence-corrected chi connectivity index (χ1v) is 7.40. The van der Waals surface area contributed by atoms with E-state index in [1.54, 1.807) is 0 Å². The summed E-state index contributed by atoms with van der Waals surface area (Å²) in [4.78, 5) is 4.61. The van der Waals surface area contributed by atoms with Crippen molar-refractivity contribution in [2.75, 3.05) is 13.1 Å². The minimum Gasteiger partial charge on any atom is -0.324 e. The largest absolute Gasteiger partial charge is 0.324 e. The van der Waals surface area contributed by atoms with E-state index in [4.69, 9.17) is 0 Å². The van der Waals surface area contributed by atoms with Crippen LogP contribution in [-0.2, 0) is 0 Å². The molecule has 1 aliphatic heterocycles. The molecule has 0 spiro atoms. The molecular formula is C14H20BrN3. The van der Waals surface area contributed by atoms with Crippen molar-refractivity contribution in [2.45, 2.75) is 33.2 Å². The lowest BCUT2D eigenvalue weighted by atomic mass is 10.2. The molecule has 0 radical (unpaired) electrons. The van der Waals surface area contributed by atoms with E-state index in [-0.39, 0.29) is 0 Å². The van der Waals surface area contributed by atoms with E-state index in [9.17, 15) is 0 Å². The van der Waals surface area contributed by atoms with Gasteiger partial charge in [-0.1, -0.05) is 29.8 Å². The molecule has 1 aromatic heterocycles.